The molecule has 0 bridgehead atoms. The van der Waals surface area contributed by atoms with E-state index in [9.17, 15) is 4.79 Å². The molecule has 20 heavy (non-hydrogen) atoms. The molecule has 0 fully saturated rings. The van der Waals surface area contributed by atoms with Crippen LogP contribution in [0.5, 0.6) is 6.01 Å². The van der Waals surface area contributed by atoms with Gasteiger partial charge in [-0.05, 0) is 6.07 Å². The van der Waals surface area contributed by atoms with Gasteiger partial charge in [-0.15, -0.1) is 0 Å². The van der Waals surface area contributed by atoms with Gasteiger partial charge >= 0.3 is 6.01 Å². The third-order valence-electron chi connectivity index (χ3n) is 2.36. The number of hydrogen-bond acceptors (Lipinski definition) is 7. The van der Waals surface area contributed by atoms with Crippen LogP contribution in [-0.4, -0.2) is 42.4 Å². The van der Waals surface area contributed by atoms with Crippen LogP contribution in [-0.2, 0) is 4.79 Å². The van der Waals surface area contributed by atoms with Crippen molar-refractivity contribution in [2.24, 2.45) is 0 Å². The van der Waals surface area contributed by atoms with E-state index in [0.717, 1.165) is 0 Å². The van der Waals surface area contributed by atoms with Gasteiger partial charge in [0.25, 0.3) is 5.91 Å². The third kappa shape index (κ3) is 2.51. The second-order valence-electron chi connectivity index (χ2n) is 3.69. The summed E-state index contributed by atoms with van der Waals surface area (Å²) < 4.78 is 5.13. The number of H-pyrrole nitrogens is 1. The molecule has 0 saturated carbocycles. The molecule has 0 saturated heterocycles. The van der Waals surface area contributed by atoms with E-state index in [2.05, 4.69) is 35.2 Å². The maximum Gasteiger partial charge on any atom is 0.316 e. The van der Waals surface area contributed by atoms with Gasteiger partial charge in [0.1, 0.15) is 11.8 Å². The number of fused-ring (bicyclic) bond motifs is 1. The molecule has 100 valence electrons. The van der Waals surface area contributed by atoms with Crippen molar-refractivity contribution >= 4 is 22.9 Å². The van der Waals surface area contributed by atoms with Gasteiger partial charge in [-0.3, -0.25) is 4.79 Å². The second-order valence-corrected chi connectivity index (χ2v) is 3.69. The zero-order valence-corrected chi connectivity index (χ0v) is 10.1. The molecule has 9 heteroatoms. The minimum absolute atomic E-state index is 0.136. The van der Waals surface area contributed by atoms with Gasteiger partial charge in [0.05, 0.1) is 6.33 Å². The van der Waals surface area contributed by atoms with Gasteiger partial charge in [-0.2, -0.15) is 0 Å². The van der Waals surface area contributed by atoms with Crippen molar-refractivity contribution in [1.82, 2.24) is 29.9 Å². The first-order valence-corrected chi connectivity index (χ1v) is 5.66. The highest BCUT2D eigenvalue weighted by molar-refractivity contribution is 5.97. The SMILES string of the molecule is O=C(COc1ncccn1)Nc1ncnc2nc[nH]c12. The van der Waals surface area contributed by atoms with Gasteiger partial charge < -0.3 is 15.0 Å². The van der Waals surface area contributed by atoms with E-state index in [4.69, 9.17) is 4.74 Å². The number of imidazole rings is 1. The van der Waals surface area contributed by atoms with Gasteiger partial charge in [-0.25, -0.2) is 24.9 Å². The van der Waals surface area contributed by atoms with Crippen LogP contribution in [0, 0.1) is 0 Å². The number of carbonyl (C=O) groups excluding carboxylic acids is 1. The van der Waals surface area contributed by atoms with Gasteiger partial charge in [-0.1, -0.05) is 0 Å². The van der Waals surface area contributed by atoms with Crippen molar-refractivity contribution in [3.05, 3.63) is 31.1 Å². The van der Waals surface area contributed by atoms with Crippen LogP contribution in [0.3, 0.4) is 0 Å². The number of aromatic nitrogens is 6. The normalized spacial score (nSPS) is 10.4. The van der Waals surface area contributed by atoms with Crippen LogP contribution < -0.4 is 10.1 Å². The summed E-state index contributed by atoms with van der Waals surface area (Å²) in [7, 11) is 0. The highest BCUT2D eigenvalue weighted by Crippen LogP contribution is 2.13. The van der Waals surface area contributed by atoms with E-state index in [0.29, 0.717) is 17.0 Å². The maximum absolute atomic E-state index is 11.8. The van der Waals surface area contributed by atoms with Crippen LogP contribution in [0.15, 0.2) is 31.1 Å². The largest absolute Gasteiger partial charge is 0.453 e. The molecule has 3 aromatic heterocycles. The number of carbonyl (C=O) groups is 1. The molecule has 0 aromatic carbocycles. The lowest BCUT2D eigenvalue weighted by atomic mass is 10.5. The molecule has 0 spiro atoms. The molecule has 0 unspecified atom stereocenters. The standard InChI is InChI=1S/C11H9N7O2/c19-7(4-20-11-12-2-1-3-13-11)18-10-8-9(15-5-14-8)16-6-17-10/h1-3,5-6H,4H2,(H2,14,15,16,17,18,19). The Morgan fingerprint density at radius 3 is 2.90 bits per heavy atom. The summed E-state index contributed by atoms with van der Waals surface area (Å²) in [6.45, 7) is -0.219. The minimum atomic E-state index is -0.382. The smallest absolute Gasteiger partial charge is 0.316 e. The molecule has 2 N–H and O–H groups in total. The minimum Gasteiger partial charge on any atom is -0.453 e. The molecular formula is C11H9N7O2. The fraction of sp³-hybridized carbons (Fsp3) is 0.0909. The molecular weight excluding hydrogens is 262 g/mol. The summed E-state index contributed by atoms with van der Waals surface area (Å²) in [5.41, 5.74) is 1.03. The number of aromatic amines is 1. The first-order valence-electron chi connectivity index (χ1n) is 5.66. The van der Waals surface area contributed by atoms with Gasteiger partial charge in [0, 0.05) is 12.4 Å². The summed E-state index contributed by atoms with van der Waals surface area (Å²) >= 11 is 0. The number of anilines is 1. The van der Waals surface area contributed by atoms with Crippen molar-refractivity contribution in [3.63, 3.8) is 0 Å². The summed E-state index contributed by atoms with van der Waals surface area (Å²) in [5, 5.41) is 2.60. The number of amides is 1. The summed E-state index contributed by atoms with van der Waals surface area (Å²) in [4.78, 5) is 34.2. The number of nitrogens with zero attached hydrogens (tertiary/aromatic N) is 5. The Morgan fingerprint density at radius 2 is 2.05 bits per heavy atom. The first kappa shape index (κ1) is 12.0. The molecule has 0 atom stereocenters. The van der Waals surface area contributed by atoms with Crippen LogP contribution in [0.4, 0.5) is 5.82 Å². The lowest BCUT2D eigenvalue weighted by Crippen LogP contribution is -2.21. The Bertz CT molecular complexity index is 728. The lowest BCUT2D eigenvalue weighted by molar-refractivity contribution is -0.118. The Balaban J connectivity index is 1.66. The molecule has 0 aliphatic heterocycles. The quantitative estimate of drug-likeness (QED) is 0.693. The molecule has 0 aliphatic carbocycles. The monoisotopic (exact) mass is 271 g/mol. The van der Waals surface area contributed by atoms with Crippen LogP contribution in [0.2, 0.25) is 0 Å². The average molecular weight is 271 g/mol. The van der Waals surface area contributed by atoms with E-state index in [1.165, 1.54) is 25.0 Å². The fourth-order valence-electron chi connectivity index (χ4n) is 1.52. The van der Waals surface area contributed by atoms with Crippen molar-refractivity contribution in [2.45, 2.75) is 0 Å². The van der Waals surface area contributed by atoms with Crippen molar-refractivity contribution in [1.29, 1.82) is 0 Å². The third-order valence-corrected chi connectivity index (χ3v) is 2.36. The lowest BCUT2D eigenvalue weighted by Gasteiger charge is -2.05. The average Bonchev–Trinajstić information content (AvgIpc) is 2.96. The number of ether oxygens (including phenoxy) is 1. The number of hydrogen-bond donors (Lipinski definition) is 2. The van der Waals surface area contributed by atoms with Crippen LogP contribution in [0.25, 0.3) is 11.2 Å². The van der Waals surface area contributed by atoms with Crippen molar-refractivity contribution < 1.29 is 9.53 Å². The predicted octanol–water partition coefficient (Wildman–Crippen LogP) is 0.160. The zero-order valence-electron chi connectivity index (χ0n) is 10.1. The van der Waals surface area contributed by atoms with E-state index < -0.39 is 0 Å². The molecule has 3 aromatic rings. The topological polar surface area (TPSA) is 119 Å². The Labute approximate surface area is 112 Å². The molecule has 9 nitrogen and oxygen atoms in total. The second kappa shape index (κ2) is 5.26. The Morgan fingerprint density at radius 1 is 1.20 bits per heavy atom. The summed E-state index contributed by atoms with van der Waals surface area (Å²) in [5.74, 6) is -0.0397. The van der Waals surface area contributed by atoms with Gasteiger partial charge in [0.15, 0.2) is 18.1 Å². The highest BCUT2D eigenvalue weighted by Gasteiger charge is 2.10. The first-order chi connectivity index (χ1) is 9.83. The number of rotatable bonds is 4. The highest BCUT2D eigenvalue weighted by atomic mass is 16.5. The van der Waals surface area contributed by atoms with E-state index >= 15 is 0 Å². The van der Waals surface area contributed by atoms with Crippen molar-refractivity contribution in [3.8, 4) is 6.01 Å². The van der Waals surface area contributed by atoms with E-state index in [1.807, 2.05) is 0 Å². The van der Waals surface area contributed by atoms with Crippen LogP contribution >= 0.6 is 0 Å². The van der Waals surface area contributed by atoms with Crippen molar-refractivity contribution in [2.75, 3.05) is 11.9 Å². The number of nitrogens with one attached hydrogen (secondary N) is 2. The Hall–Kier alpha value is -3.10. The molecule has 3 heterocycles. The summed E-state index contributed by atoms with van der Waals surface area (Å²) in [6, 6.07) is 1.79. The molecule has 0 aliphatic rings. The van der Waals surface area contributed by atoms with E-state index in [1.54, 1.807) is 6.07 Å². The maximum atomic E-state index is 11.8. The fourth-order valence-corrected chi connectivity index (χ4v) is 1.52. The Kier molecular flexibility index (Phi) is 3.15. The molecule has 0 radical (unpaired) electrons. The summed E-state index contributed by atoms with van der Waals surface area (Å²) in [6.07, 6.45) is 5.85. The molecule has 1 amide bonds. The van der Waals surface area contributed by atoms with E-state index in [-0.39, 0.29) is 18.5 Å². The molecule has 3 rings (SSSR count). The predicted molar refractivity (Wildman–Crippen MR) is 67.8 cm³/mol. The van der Waals surface area contributed by atoms with Gasteiger partial charge in [0.2, 0.25) is 0 Å². The zero-order chi connectivity index (χ0) is 13.8. The van der Waals surface area contributed by atoms with Crippen LogP contribution in [0.1, 0.15) is 0 Å².